The zero-order chi connectivity index (χ0) is 22.0. The van der Waals surface area contributed by atoms with Crippen LogP contribution in [0.25, 0.3) is 4.91 Å². The molecule has 1 aromatic carbocycles. The van der Waals surface area contributed by atoms with Crippen LogP contribution in [0.3, 0.4) is 0 Å². The van der Waals surface area contributed by atoms with Crippen molar-refractivity contribution >= 4 is 26.7 Å². The second kappa shape index (κ2) is 9.15. The molecule has 0 unspecified atom stereocenters. The minimum atomic E-state index is -3.72. The molecule has 31 heavy (non-hydrogen) atoms. The Bertz CT molecular complexity index is 981. The number of rotatable bonds is 4. The van der Waals surface area contributed by atoms with Crippen molar-refractivity contribution in [3.8, 4) is 0 Å². The number of piperidine rings is 1. The molecular formula is C24H33N3O3S. The van der Waals surface area contributed by atoms with Crippen molar-refractivity contribution in [2.75, 3.05) is 13.1 Å². The lowest BCUT2D eigenvalue weighted by Gasteiger charge is -2.34. The summed E-state index contributed by atoms with van der Waals surface area (Å²) in [5, 5.41) is 3.25. The quantitative estimate of drug-likeness (QED) is 0.762. The maximum Gasteiger partial charge on any atom is 0.285 e. The number of hydrogen-bond acceptors (Lipinski definition) is 4. The third-order valence-electron chi connectivity index (χ3n) is 6.79. The van der Waals surface area contributed by atoms with E-state index >= 15 is 0 Å². The van der Waals surface area contributed by atoms with Gasteiger partial charge in [0, 0.05) is 30.6 Å². The van der Waals surface area contributed by atoms with Crippen LogP contribution < -0.4 is 5.32 Å². The lowest BCUT2D eigenvalue weighted by molar-refractivity contribution is -0.127. The fraction of sp³-hybridized carbons (Fsp3) is 0.583. The fourth-order valence-electron chi connectivity index (χ4n) is 4.99. The number of carbonyl (C=O) groups excluding carboxylic acids is 1. The number of carbonyl (C=O) groups is 1. The highest BCUT2D eigenvalue weighted by molar-refractivity contribution is 8.00. The van der Waals surface area contributed by atoms with Gasteiger partial charge in [-0.1, -0.05) is 56.0 Å². The van der Waals surface area contributed by atoms with E-state index in [2.05, 4.69) is 14.6 Å². The number of likely N-dealkylation sites (tertiary alicyclic amines) is 1. The SMILES string of the molecule is CCC1=C(c2ccc(C)cc2)S(=O)(=O)N=C1N1CCC(C(=O)NC2CCCCC2)CC1. The molecule has 7 heteroatoms. The summed E-state index contributed by atoms with van der Waals surface area (Å²) in [6.07, 6.45) is 7.91. The predicted molar refractivity (Wildman–Crippen MR) is 124 cm³/mol. The molecular weight excluding hydrogens is 410 g/mol. The molecule has 0 radical (unpaired) electrons. The first-order chi connectivity index (χ1) is 14.9. The first-order valence-corrected chi connectivity index (χ1v) is 13.0. The Morgan fingerprint density at radius 1 is 1.06 bits per heavy atom. The molecule has 1 amide bonds. The van der Waals surface area contributed by atoms with Gasteiger partial charge in [0.1, 0.15) is 10.7 Å². The Labute approximate surface area is 185 Å². The molecule has 1 aromatic rings. The number of amides is 1. The van der Waals surface area contributed by atoms with E-state index in [9.17, 15) is 13.2 Å². The van der Waals surface area contributed by atoms with Crippen molar-refractivity contribution in [2.45, 2.75) is 71.3 Å². The molecule has 0 spiro atoms. The monoisotopic (exact) mass is 443 g/mol. The fourth-order valence-corrected chi connectivity index (χ4v) is 6.51. The number of aryl methyl sites for hydroxylation is 1. The van der Waals surface area contributed by atoms with E-state index in [-0.39, 0.29) is 11.8 Å². The largest absolute Gasteiger partial charge is 0.356 e. The summed E-state index contributed by atoms with van der Waals surface area (Å²) < 4.78 is 30.0. The Morgan fingerprint density at radius 2 is 1.71 bits per heavy atom. The second-order valence-electron chi connectivity index (χ2n) is 9.02. The van der Waals surface area contributed by atoms with Crippen molar-refractivity contribution in [1.29, 1.82) is 0 Å². The van der Waals surface area contributed by atoms with Gasteiger partial charge in [0.25, 0.3) is 10.0 Å². The van der Waals surface area contributed by atoms with E-state index < -0.39 is 10.0 Å². The van der Waals surface area contributed by atoms with Gasteiger partial charge in [0.05, 0.1) is 0 Å². The Balaban J connectivity index is 1.46. The molecule has 6 nitrogen and oxygen atoms in total. The summed E-state index contributed by atoms with van der Waals surface area (Å²) in [4.78, 5) is 15.1. The lowest BCUT2D eigenvalue weighted by atomic mass is 9.92. The normalized spacial score (nSPS) is 22.5. The van der Waals surface area contributed by atoms with Gasteiger partial charge in [0.2, 0.25) is 5.91 Å². The van der Waals surface area contributed by atoms with Gasteiger partial charge in [0.15, 0.2) is 0 Å². The highest BCUT2D eigenvalue weighted by atomic mass is 32.2. The first-order valence-electron chi connectivity index (χ1n) is 11.6. The van der Waals surface area contributed by atoms with Crippen LogP contribution in [0.2, 0.25) is 0 Å². The molecule has 2 aliphatic heterocycles. The third-order valence-corrected chi connectivity index (χ3v) is 8.20. The molecule has 168 valence electrons. The number of amidine groups is 1. The number of hydrogen-bond donors (Lipinski definition) is 1. The molecule has 4 rings (SSSR count). The molecule has 1 N–H and O–H groups in total. The van der Waals surface area contributed by atoms with Gasteiger partial charge in [-0.2, -0.15) is 8.42 Å². The Morgan fingerprint density at radius 3 is 2.32 bits per heavy atom. The van der Waals surface area contributed by atoms with E-state index in [0.29, 0.717) is 41.9 Å². The zero-order valence-corrected chi connectivity index (χ0v) is 19.4. The molecule has 2 heterocycles. The lowest BCUT2D eigenvalue weighted by Crippen LogP contribution is -2.45. The van der Waals surface area contributed by atoms with Crippen LogP contribution in [-0.4, -0.2) is 44.2 Å². The average Bonchev–Trinajstić information content (AvgIpc) is 3.05. The topological polar surface area (TPSA) is 78.8 Å². The molecule has 3 aliphatic rings. The highest BCUT2D eigenvalue weighted by Crippen LogP contribution is 2.36. The molecule has 0 bridgehead atoms. The van der Waals surface area contributed by atoms with Gasteiger partial charge in [-0.05, 0) is 44.6 Å². The third kappa shape index (κ3) is 4.71. The van der Waals surface area contributed by atoms with Crippen LogP contribution in [0.1, 0.15) is 69.4 Å². The number of sulfonamides is 1. The maximum absolute atomic E-state index is 12.9. The van der Waals surface area contributed by atoms with Gasteiger partial charge >= 0.3 is 0 Å². The minimum absolute atomic E-state index is 0.00223. The molecule has 1 saturated carbocycles. The standard InChI is InChI=1S/C24H33N3O3S/c1-3-21-22(18-11-9-17(2)10-12-18)31(29,30)26-23(21)27-15-13-19(14-16-27)24(28)25-20-7-5-4-6-8-20/h9-12,19-20H,3-8,13-16H2,1-2H3,(H,25,28). The summed E-state index contributed by atoms with van der Waals surface area (Å²) >= 11 is 0. The van der Waals surface area contributed by atoms with Gasteiger partial charge in [-0.3, -0.25) is 4.79 Å². The summed E-state index contributed by atoms with van der Waals surface area (Å²) in [6.45, 7) is 5.27. The first kappa shape index (κ1) is 22.1. The maximum atomic E-state index is 12.9. The van der Waals surface area contributed by atoms with Gasteiger partial charge in [-0.15, -0.1) is 4.40 Å². The van der Waals surface area contributed by atoms with Crippen molar-refractivity contribution in [2.24, 2.45) is 10.3 Å². The Kier molecular flexibility index (Phi) is 6.51. The van der Waals surface area contributed by atoms with Crippen LogP contribution in [-0.2, 0) is 14.8 Å². The van der Waals surface area contributed by atoms with Crippen molar-refractivity contribution in [1.82, 2.24) is 10.2 Å². The summed E-state index contributed by atoms with van der Waals surface area (Å²) in [7, 11) is -3.72. The summed E-state index contributed by atoms with van der Waals surface area (Å²) in [5.41, 5.74) is 2.57. The van der Waals surface area contributed by atoms with Crippen LogP contribution in [0.15, 0.2) is 34.2 Å². The van der Waals surface area contributed by atoms with Crippen LogP contribution >= 0.6 is 0 Å². The molecule has 2 fully saturated rings. The van der Waals surface area contributed by atoms with E-state index in [1.807, 2.05) is 38.1 Å². The average molecular weight is 444 g/mol. The zero-order valence-electron chi connectivity index (χ0n) is 18.6. The second-order valence-corrected chi connectivity index (χ2v) is 10.6. The van der Waals surface area contributed by atoms with Crippen molar-refractivity contribution < 1.29 is 13.2 Å². The van der Waals surface area contributed by atoms with Crippen molar-refractivity contribution in [3.63, 3.8) is 0 Å². The Hall–Kier alpha value is -2.15. The number of nitrogens with zero attached hydrogens (tertiary/aromatic N) is 2. The van der Waals surface area contributed by atoms with E-state index in [1.54, 1.807) is 0 Å². The molecule has 1 saturated heterocycles. The van der Waals surface area contributed by atoms with Crippen LogP contribution in [0, 0.1) is 12.8 Å². The van der Waals surface area contributed by atoms with E-state index in [4.69, 9.17) is 0 Å². The van der Waals surface area contributed by atoms with E-state index in [0.717, 1.165) is 36.8 Å². The van der Waals surface area contributed by atoms with Crippen LogP contribution in [0.5, 0.6) is 0 Å². The molecule has 1 aliphatic carbocycles. The van der Waals surface area contributed by atoms with E-state index in [1.165, 1.54) is 19.3 Å². The predicted octanol–water partition coefficient (Wildman–Crippen LogP) is 4.02. The number of nitrogens with one attached hydrogen (secondary N) is 1. The minimum Gasteiger partial charge on any atom is -0.356 e. The highest BCUT2D eigenvalue weighted by Gasteiger charge is 2.37. The van der Waals surface area contributed by atoms with Crippen molar-refractivity contribution in [3.05, 3.63) is 41.0 Å². The summed E-state index contributed by atoms with van der Waals surface area (Å²) in [5.74, 6) is 0.741. The van der Waals surface area contributed by atoms with Crippen LogP contribution in [0.4, 0.5) is 0 Å². The molecule has 0 atom stereocenters. The summed E-state index contributed by atoms with van der Waals surface area (Å²) in [6, 6.07) is 7.91. The molecule has 0 aromatic heterocycles. The van der Waals surface area contributed by atoms with Gasteiger partial charge < -0.3 is 10.2 Å². The number of benzene rings is 1. The van der Waals surface area contributed by atoms with Gasteiger partial charge in [-0.25, -0.2) is 0 Å². The smallest absolute Gasteiger partial charge is 0.285 e.